The van der Waals surface area contributed by atoms with Crippen molar-refractivity contribution >= 4 is 5.71 Å². The van der Waals surface area contributed by atoms with Crippen LogP contribution in [0.5, 0.6) is 5.75 Å². The van der Waals surface area contributed by atoms with Crippen LogP contribution in [0.4, 0.5) is 0 Å². The molecular weight excluding hydrogens is 416 g/mol. The van der Waals surface area contributed by atoms with Gasteiger partial charge in [-0.05, 0) is 62.8 Å². The van der Waals surface area contributed by atoms with Gasteiger partial charge in [0.05, 0.1) is 23.3 Å². The molecule has 33 heavy (non-hydrogen) atoms. The number of benzene rings is 2. The lowest BCUT2D eigenvalue weighted by atomic mass is 10.0. The average Bonchev–Trinajstić information content (AvgIpc) is 3.58. The molecule has 2 heterocycles. The zero-order valence-corrected chi connectivity index (χ0v) is 18.7. The second-order valence-electron chi connectivity index (χ2n) is 8.39. The fourth-order valence-corrected chi connectivity index (χ4v) is 4.09. The van der Waals surface area contributed by atoms with Crippen LogP contribution >= 0.6 is 0 Å². The predicted octanol–water partition coefficient (Wildman–Crippen LogP) is 4.20. The van der Waals surface area contributed by atoms with Crippen molar-refractivity contribution in [3.8, 4) is 39.7 Å². The molecule has 168 valence electrons. The van der Waals surface area contributed by atoms with Crippen LogP contribution in [0.25, 0.3) is 33.9 Å². The summed E-state index contributed by atoms with van der Waals surface area (Å²) < 4.78 is 5.81. The van der Waals surface area contributed by atoms with E-state index in [9.17, 15) is 5.21 Å². The first-order chi connectivity index (χ1) is 16.1. The minimum absolute atomic E-state index is 0.642. The smallest absolute Gasteiger partial charge is 0.138 e. The Balaban J connectivity index is 1.48. The summed E-state index contributed by atoms with van der Waals surface area (Å²) in [6, 6.07) is 14.2. The van der Waals surface area contributed by atoms with E-state index < -0.39 is 0 Å². The van der Waals surface area contributed by atoms with Gasteiger partial charge in [0.25, 0.3) is 0 Å². The SMILES string of the molecule is CN(C)CCOc1ccc(-c2nc(-c3cn[nH]c3)c(-c3ccc4c(c3)CCC4=NO)[nH]2)cc1. The van der Waals surface area contributed by atoms with Gasteiger partial charge in [0.1, 0.15) is 18.2 Å². The molecule has 8 nitrogen and oxygen atoms in total. The number of aromatic amines is 2. The van der Waals surface area contributed by atoms with E-state index in [1.54, 1.807) is 6.20 Å². The van der Waals surface area contributed by atoms with Crippen LogP contribution in [-0.2, 0) is 6.42 Å². The van der Waals surface area contributed by atoms with Crippen molar-refractivity contribution in [2.24, 2.45) is 5.16 Å². The molecule has 2 aromatic heterocycles. The number of ether oxygens (including phenoxy) is 1. The van der Waals surface area contributed by atoms with Crippen molar-refractivity contribution < 1.29 is 9.94 Å². The third kappa shape index (κ3) is 4.25. The second kappa shape index (κ2) is 8.91. The summed E-state index contributed by atoms with van der Waals surface area (Å²) in [6.45, 7) is 1.51. The molecule has 0 spiro atoms. The largest absolute Gasteiger partial charge is 0.492 e. The lowest BCUT2D eigenvalue weighted by molar-refractivity contribution is 0.261. The van der Waals surface area contributed by atoms with Gasteiger partial charge in [0.15, 0.2) is 0 Å². The van der Waals surface area contributed by atoms with E-state index in [4.69, 9.17) is 9.72 Å². The third-order valence-electron chi connectivity index (χ3n) is 5.87. The van der Waals surface area contributed by atoms with E-state index >= 15 is 0 Å². The summed E-state index contributed by atoms with van der Waals surface area (Å²) in [6.07, 6.45) is 5.23. The number of likely N-dealkylation sites (N-methyl/N-ethyl adjacent to an activating group) is 1. The molecule has 0 radical (unpaired) electrons. The number of H-pyrrole nitrogens is 2. The Kier molecular flexibility index (Phi) is 5.66. The van der Waals surface area contributed by atoms with Gasteiger partial charge in [-0.3, -0.25) is 5.10 Å². The lowest BCUT2D eigenvalue weighted by Gasteiger charge is -2.11. The fourth-order valence-electron chi connectivity index (χ4n) is 4.09. The summed E-state index contributed by atoms with van der Waals surface area (Å²) in [5.74, 6) is 1.61. The Hall–Kier alpha value is -3.91. The number of rotatable bonds is 7. The monoisotopic (exact) mass is 442 g/mol. The van der Waals surface area contributed by atoms with E-state index in [2.05, 4.69) is 31.3 Å². The highest BCUT2D eigenvalue weighted by atomic mass is 16.5. The quantitative estimate of drug-likeness (QED) is 0.294. The van der Waals surface area contributed by atoms with Crippen LogP contribution in [0.15, 0.2) is 60.0 Å². The number of hydrogen-bond donors (Lipinski definition) is 3. The first-order valence-corrected chi connectivity index (χ1v) is 10.9. The number of hydrogen-bond acceptors (Lipinski definition) is 6. The molecule has 0 bridgehead atoms. The van der Waals surface area contributed by atoms with Crippen molar-refractivity contribution in [2.45, 2.75) is 12.8 Å². The van der Waals surface area contributed by atoms with Gasteiger partial charge in [0.2, 0.25) is 0 Å². The molecule has 2 aromatic carbocycles. The van der Waals surface area contributed by atoms with Gasteiger partial charge in [-0.1, -0.05) is 17.3 Å². The molecule has 0 saturated heterocycles. The summed E-state index contributed by atoms with van der Waals surface area (Å²) in [7, 11) is 4.05. The normalized spacial score (nSPS) is 14.2. The van der Waals surface area contributed by atoms with E-state index in [0.29, 0.717) is 6.61 Å². The molecule has 0 saturated carbocycles. The highest BCUT2D eigenvalue weighted by Gasteiger charge is 2.21. The van der Waals surface area contributed by atoms with E-state index in [-0.39, 0.29) is 0 Å². The maximum Gasteiger partial charge on any atom is 0.138 e. The van der Waals surface area contributed by atoms with Crippen LogP contribution < -0.4 is 4.74 Å². The molecule has 0 aliphatic heterocycles. The van der Waals surface area contributed by atoms with E-state index in [1.807, 2.05) is 56.7 Å². The van der Waals surface area contributed by atoms with Crippen LogP contribution in [0.2, 0.25) is 0 Å². The van der Waals surface area contributed by atoms with Crippen LogP contribution in [0.1, 0.15) is 17.5 Å². The molecule has 0 fully saturated rings. The van der Waals surface area contributed by atoms with Crippen molar-refractivity contribution in [1.29, 1.82) is 0 Å². The molecule has 1 aliphatic carbocycles. The minimum Gasteiger partial charge on any atom is -0.492 e. The Morgan fingerprint density at radius 2 is 1.88 bits per heavy atom. The Labute approximate surface area is 191 Å². The number of aromatic nitrogens is 4. The van der Waals surface area contributed by atoms with Gasteiger partial charge in [-0.25, -0.2) is 4.98 Å². The summed E-state index contributed by atoms with van der Waals surface area (Å²) in [5, 5.41) is 19.7. The summed E-state index contributed by atoms with van der Waals surface area (Å²) in [5.41, 5.74) is 7.60. The number of oxime groups is 1. The third-order valence-corrected chi connectivity index (χ3v) is 5.87. The lowest BCUT2D eigenvalue weighted by Crippen LogP contribution is -2.19. The highest BCUT2D eigenvalue weighted by molar-refractivity contribution is 6.04. The second-order valence-corrected chi connectivity index (χ2v) is 8.39. The van der Waals surface area contributed by atoms with E-state index in [0.717, 1.165) is 70.3 Å². The first-order valence-electron chi connectivity index (χ1n) is 10.9. The van der Waals surface area contributed by atoms with Crippen LogP contribution in [0, 0.1) is 0 Å². The Morgan fingerprint density at radius 1 is 1.06 bits per heavy atom. The van der Waals surface area contributed by atoms with Gasteiger partial charge >= 0.3 is 0 Å². The average molecular weight is 443 g/mol. The molecular formula is C25H26N6O2. The molecule has 0 amide bonds. The standard InChI is InChI=1S/C25H26N6O2/c1-31(2)11-12-33-20-7-3-16(4-8-20)25-28-23(24(29-25)19-14-26-27-15-19)18-5-9-21-17(13-18)6-10-22(21)30-32/h3-5,7-9,13-15,32H,6,10-12H2,1-2H3,(H,26,27)(H,28,29). The molecule has 4 aromatic rings. The fraction of sp³-hybridized carbons (Fsp3) is 0.240. The van der Waals surface area contributed by atoms with Crippen LogP contribution in [-0.4, -0.2) is 63.2 Å². The Morgan fingerprint density at radius 3 is 2.61 bits per heavy atom. The van der Waals surface area contributed by atoms with Gasteiger partial charge in [0, 0.05) is 35.0 Å². The topological polar surface area (TPSA) is 102 Å². The molecule has 5 rings (SSSR count). The predicted molar refractivity (Wildman–Crippen MR) is 128 cm³/mol. The van der Waals surface area contributed by atoms with Gasteiger partial charge in [-0.15, -0.1) is 0 Å². The summed E-state index contributed by atoms with van der Waals surface area (Å²) in [4.78, 5) is 10.5. The number of aryl methyl sites for hydroxylation is 1. The van der Waals surface area contributed by atoms with Gasteiger partial charge < -0.3 is 19.8 Å². The van der Waals surface area contributed by atoms with Gasteiger partial charge in [-0.2, -0.15) is 5.10 Å². The first kappa shape index (κ1) is 21.0. The minimum atomic E-state index is 0.642. The maximum absolute atomic E-state index is 9.24. The molecule has 3 N–H and O–H groups in total. The van der Waals surface area contributed by atoms with Crippen molar-refractivity contribution in [2.75, 3.05) is 27.2 Å². The van der Waals surface area contributed by atoms with Crippen molar-refractivity contribution in [1.82, 2.24) is 25.1 Å². The van der Waals surface area contributed by atoms with Crippen LogP contribution in [0.3, 0.4) is 0 Å². The van der Waals surface area contributed by atoms with Crippen molar-refractivity contribution in [3.63, 3.8) is 0 Å². The molecule has 0 unspecified atom stereocenters. The van der Waals surface area contributed by atoms with Crippen molar-refractivity contribution in [3.05, 3.63) is 66.0 Å². The highest BCUT2D eigenvalue weighted by Crippen LogP contribution is 2.35. The zero-order chi connectivity index (χ0) is 22.8. The number of imidazole rings is 1. The number of fused-ring (bicyclic) bond motifs is 1. The number of nitrogens with one attached hydrogen (secondary N) is 2. The Bertz CT molecular complexity index is 1270. The molecule has 0 atom stereocenters. The number of nitrogens with zero attached hydrogens (tertiary/aromatic N) is 4. The molecule has 1 aliphatic rings. The zero-order valence-electron chi connectivity index (χ0n) is 18.7. The molecule has 8 heteroatoms. The van der Waals surface area contributed by atoms with E-state index in [1.165, 1.54) is 5.56 Å². The maximum atomic E-state index is 9.24. The summed E-state index contributed by atoms with van der Waals surface area (Å²) >= 11 is 0.